The second-order valence-electron chi connectivity index (χ2n) is 7.06. The van der Waals surface area contributed by atoms with Gasteiger partial charge in [-0.05, 0) is 34.6 Å². The summed E-state index contributed by atoms with van der Waals surface area (Å²) in [5, 5.41) is 0. The van der Waals surface area contributed by atoms with Gasteiger partial charge in [0.25, 0.3) is 0 Å². The van der Waals surface area contributed by atoms with Gasteiger partial charge in [-0.25, -0.2) is 0 Å². The van der Waals surface area contributed by atoms with Gasteiger partial charge in [-0.1, -0.05) is 29.8 Å². The fourth-order valence-electron chi connectivity index (χ4n) is 3.09. The molecule has 1 aliphatic heterocycles. The first-order valence-corrected chi connectivity index (χ1v) is 7.19. The van der Waals surface area contributed by atoms with Crippen molar-refractivity contribution in [3.8, 4) is 0 Å². The number of ether oxygens (including phenoxy) is 1. The normalized spacial score (nSPS) is 21.6. The van der Waals surface area contributed by atoms with E-state index in [9.17, 15) is 4.79 Å². The number of morpholine rings is 1. The summed E-state index contributed by atoms with van der Waals surface area (Å²) in [6.45, 7) is 12.4. The Morgan fingerprint density at radius 2 is 1.60 bits per heavy atom. The van der Waals surface area contributed by atoms with Crippen LogP contribution in [0.4, 0.5) is 0 Å². The monoisotopic (exact) mass is 275 g/mol. The van der Waals surface area contributed by atoms with E-state index >= 15 is 0 Å². The molecule has 0 atom stereocenters. The van der Waals surface area contributed by atoms with Crippen LogP contribution < -0.4 is 0 Å². The number of hydrogen-bond donors (Lipinski definition) is 0. The van der Waals surface area contributed by atoms with Crippen molar-refractivity contribution in [1.82, 2.24) is 4.90 Å². The smallest absolute Gasteiger partial charge is 0.176 e. The Labute approximate surface area is 121 Å². The van der Waals surface area contributed by atoms with Crippen molar-refractivity contribution < 1.29 is 9.53 Å². The third-order valence-electron chi connectivity index (χ3n) is 3.50. The summed E-state index contributed by atoms with van der Waals surface area (Å²) in [5.74, 6) is 0.179. The fraction of sp³-hybridized carbons (Fsp3) is 0.588. The molecular weight excluding hydrogens is 250 g/mol. The molecular formula is C17H25NO2. The van der Waals surface area contributed by atoms with E-state index in [1.807, 2.05) is 31.2 Å². The molecule has 1 aliphatic rings. The summed E-state index contributed by atoms with van der Waals surface area (Å²) in [6.07, 6.45) is 0. The molecule has 0 bridgehead atoms. The number of benzene rings is 1. The molecule has 110 valence electrons. The summed E-state index contributed by atoms with van der Waals surface area (Å²) in [7, 11) is 0. The van der Waals surface area contributed by atoms with Crippen molar-refractivity contribution in [3.63, 3.8) is 0 Å². The Morgan fingerprint density at radius 1 is 1.10 bits per heavy atom. The van der Waals surface area contributed by atoms with E-state index in [0.29, 0.717) is 6.54 Å². The van der Waals surface area contributed by atoms with E-state index in [2.05, 4.69) is 32.6 Å². The van der Waals surface area contributed by atoms with Gasteiger partial charge in [-0.15, -0.1) is 0 Å². The molecule has 2 rings (SSSR count). The van der Waals surface area contributed by atoms with Gasteiger partial charge in [0, 0.05) is 18.7 Å². The molecule has 3 heteroatoms. The molecule has 0 amide bonds. The molecule has 0 N–H and O–H groups in total. The fourth-order valence-corrected chi connectivity index (χ4v) is 3.09. The average molecular weight is 275 g/mol. The number of aryl methyl sites for hydroxylation is 1. The Kier molecular flexibility index (Phi) is 4.03. The lowest BCUT2D eigenvalue weighted by molar-refractivity contribution is -0.178. The van der Waals surface area contributed by atoms with Gasteiger partial charge in [0.1, 0.15) is 0 Å². The van der Waals surface area contributed by atoms with Gasteiger partial charge in [0.15, 0.2) is 5.78 Å². The lowest BCUT2D eigenvalue weighted by atomic mass is 9.98. The highest BCUT2D eigenvalue weighted by Crippen LogP contribution is 2.28. The van der Waals surface area contributed by atoms with E-state index in [4.69, 9.17) is 4.74 Å². The summed E-state index contributed by atoms with van der Waals surface area (Å²) >= 11 is 0. The summed E-state index contributed by atoms with van der Waals surface area (Å²) in [4.78, 5) is 14.6. The summed E-state index contributed by atoms with van der Waals surface area (Å²) in [5.41, 5.74) is 1.54. The van der Waals surface area contributed by atoms with E-state index in [1.54, 1.807) is 0 Å². The SMILES string of the molecule is Cc1ccc(C(=O)CN2CC(C)(C)OC(C)(C)C2)cc1. The standard InChI is InChI=1S/C17H25NO2/c1-13-6-8-14(9-7-13)15(19)10-18-11-16(2,3)20-17(4,5)12-18/h6-9H,10-12H2,1-5H3. The molecule has 0 aliphatic carbocycles. The van der Waals surface area contributed by atoms with Crippen LogP contribution in [-0.2, 0) is 4.74 Å². The first kappa shape index (κ1) is 15.2. The van der Waals surface area contributed by atoms with E-state index in [-0.39, 0.29) is 17.0 Å². The van der Waals surface area contributed by atoms with Gasteiger partial charge in [0.05, 0.1) is 17.7 Å². The highest BCUT2D eigenvalue weighted by Gasteiger charge is 2.38. The second kappa shape index (κ2) is 5.30. The van der Waals surface area contributed by atoms with E-state index in [1.165, 1.54) is 5.56 Å². The van der Waals surface area contributed by atoms with Gasteiger partial charge >= 0.3 is 0 Å². The predicted octanol–water partition coefficient (Wildman–Crippen LogP) is 3.07. The molecule has 1 aromatic rings. The van der Waals surface area contributed by atoms with Gasteiger partial charge < -0.3 is 4.74 Å². The minimum Gasteiger partial charge on any atom is -0.367 e. The molecule has 1 fully saturated rings. The number of rotatable bonds is 3. The second-order valence-corrected chi connectivity index (χ2v) is 7.06. The van der Waals surface area contributed by atoms with Crippen molar-refractivity contribution in [2.24, 2.45) is 0 Å². The average Bonchev–Trinajstić information content (AvgIpc) is 2.25. The molecule has 1 heterocycles. The topological polar surface area (TPSA) is 29.5 Å². The molecule has 0 aromatic heterocycles. The zero-order valence-corrected chi connectivity index (χ0v) is 13.2. The summed E-state index contributed by atoms with van der Waals surface area (Å²) < 4.78 is 6.04. The Morgan fingerprint density at radius 3 is 2.10 bits per heavy atom. The number of hydrogen-bond acceptors (Lipinski definition) is 3. The van der Waals surface area contributed by atoms with Crippen molar-refractivity contribution in [3.05, 3.63) is 35.4 Å². The number of Topliss-reactive ketones (excluding diaryl/α,β-unsaturated/α-hetero) is 1. The Bertz CT molecular complexity index is 472. The molecule has 20 heavy (non-hydrogen) atoms. The number of carbonyl (C=O) groups is 1. The number of nitrogens with zero attached hydrogens (tertiary/aromatic N) is 1. The van der Waals surface area contributed by atoms with Gasteiger partial charge in [0.2, 0.25) is 0 Å². The maximum absolute atomic E-state index is 12.4. The molecule has 3 nitrogen and oxygen atoms in total. The van der Waals surface area contributed by atoms with Crippen LogP contribution in [0.3, 0.4) is 0 Å². The Hall–Kier alpha value is -1.19. The summed E-state index contributed by atoms with van der Waals surface area (Å²) in [6, 6.07) is 7.80. The number of carbonyl (C=O) groups excluding carboxylic acids is 1. The third kappa shape index (κ3) is 3.90. The van der Waals surface area contributed by atoms with E-state index in [0.717, 1.165) is 18.7 Å². The maximum Gasteiger partial charge on any atom is 0.176 e. The quantitative estimate of drug-likeness (QED) is 0.794. The highest BCUT2D eigenvalue weighted by atomic mass is 16.5. The lowest BCUT2D eigenvalue weighted by Gasteiger charge is -2.47. The van der Waals surface area contributed by atoms with Gasteiger partial charge in [-0.2, -0.15) is 0 Å². The predicted molar refractivity (Wildman–Crippen MR) is 81.2 cm³/mol. The number of ketones is 1. The highest BCUT2D eigenvalue weighted by molar-refractivity contribution is 5.97. The van der Waals surface area contributed by atoms with Crippen LogP contribution in [0, 0.1) is 6.92 Å². The molecule has 1 saturated heterocycles. The lowest BCUT2D eigenvalue weighted by Crippen LogP contribution is -2.58. The Balaban J connectivity index is 2.05. The van der Waals surface area contributed by atoms with Crippen molar-refractivity contribution in [2.45, 2.75) is 45.8 Å². The molecule has 0 radical (unpaired) electrons. The first-order chi connectivity index (χ1) is 9.17. The minimum atomic E-state index is -0.213. The maximum atomic E-state index is 12.4. The van der Waals surface area contributed by atoms with Crippen LogP contribution in [0.5, 0.6) is 0 Å². The minimum absolute atomic E-state index is 0.179. The van der Waals surface area contributed by atoms with Crippen LogP contribution in [-0.4, -0.2) is 41.5 Å². The molecule has 0 saturated carbocycles. The van der Waals surface area contributed by atoms with Crippen LogP contribution in [0.25, 0.3) is 0 Å². The van der Waals surface area contributed by atoms with Gasteiger partial charge in [-0.3, -0.25) is 9.69 Å². The van der Waals surface area contributed by atoms with E-state index < -0.39 is 0 Å². The van der Waals surface area contributed by atoms with Crippen molar-refractivity contribution >= 4 is 5.78 Å². The molecule has 0 unspecified atom stereocenters. The molecule has 0 spiro atoms. The van der Waals surface area contributed by atoms with Crippen LogP contribution in [0.1, 0.15) is 43.6 Å². The molecule has 1 aromatic carbocycles. The zero-order valence-electron chi connectivity index (χ0n) is 13.2. The third-order valence-corrected chi connectivity index (χ3v) is 3.50. The van der Waals surface area contributed by atoms with Crippen LogP contribution in [0.2, 0.25) is 0 Å². The van der Waals surface area contributed by atoms with Crippen LogP contribution >= 0.6 is 0 Å². The van der Waals surface area contributed by atoms with Crippen molar-refractivity contribution in [1.29, 1.82) is 0 Å². The van der Waals surface area contributed by atoms with Crippen molar-refractivity contribution in [2.75, 3.05) is 19.6 Å². The zero-order chi connectivity index (χ0) is 15.0. The first-order valence-electron chi connectivity index (χ1n) is 7.19. The largest absolute Gasteiger partial charge is 0.367 e. The van der Waals surface area contributed by atoms with Crippen LogP contribution in [0.15, 0.2) is 24.3 Å².